The van der Waals surface area contributed by atoms with Crippen LogP contribution in [0.25, 0.3) is 0 Å². The zero-order valence-corrected chi connectivity index (χ0v) is 4.28. The first-order chi connectivity index (χ1) is 3.79. The minimum Gasteiger partial charge on any atom is -0.371 e. The van der Waals surface area contributed by atoms with E-state index in [4.69, 9.17) is 10.2 Å². The van der Waals surface area contributed by atoms with E-state index in [-0.39, 0.29) is 13.2 Å². The summed E-state index contributed by atoms with van der Waals surface area (Å²) >= 11 is 0. The van der Waals surface area contributed by atoms with Crippen LogP contribution < -0.4 is 0 Å². The van der Waals surface area contributed by atoms with Crippen molar-refractivity contribution in [3.8, 4) is 0 Å². The first-order valence-electron chi connectivity index (χ1n) is 2.38. The molecule has 0 aliphatic carbocycles. The lowest BCUT2D eigenvalue weighted by molar-refractivity contribution is -0.278. The number of ether oxygens (including phenoxy) is 2. The molecule has 0 bridgehead atoms. The molecule has 0 aromatic rings. The summed E-state index contributed by atoms with van der Waals surface area (Å²) in [5, 5.41) is 17.1. The lowest BCUT2D eigenvalue weighted by Gasteiger charge is -2.22. The molecule has 0 saturated carbocycles. The summed E-state index contributed by atoms with van der Waals surface area (Å²) in [6.07, 6.45) is -1.92. The van der Waals surface area contributed by atoms with Crippen molar-refractivity contribution in [2.24, 2.45) is 0 Å². The summed E-state index contributed by atoms with van der Waals surface area (Å²) in [5.41, 5.74) is 0. The first kappa shape index (κ1) is 5.97. The molecule has 2 N–H and O–H groups in total. The van der Waals surface area contributed by atoms with E-state index in [2.05, 4.69) is 9.47 Å². The van der Waals surface area contributed by atoms with E-state index in [0.717, 1.165) is 0 Å². The second-order valence-electron chi connectivity index (χ2n) is 1.58. The number of aliphatic hydroxyl groups is 2. The Kier molecular flexibility index (Phi) is 1.80. The second kappa shape index (κ2) is 2.41. The minimum absolute atomic E-state index is 0.150. The fraction of sp³-hybridized carbons (Fsp3) is 1.00. The quantitative estimate of drug-likeness (QED) is 0.416. The third-order valence-electron chi connectivity index (χ3n) is 0.835. The predicted molar refractivity (Wildman–Crippen MR) is 23.9 cm³/mol. The molecule has 0 aromatic carbocycles. The van der Waals surface area contributed by atoms with Crippen molar-refractivity contribution < 1.29 is 19.7 Å². The third kappa shape index (κ3) is 1.41. The lowest BCUT2D eigenvalue weighted by Crippen LogP contribution is -2.35. The molecule has 0 spiro atoms. The number of aliphatic hydroxyl groups excluding tert-OH is 2. The van der Waals surface area contributed by atoms with E-state index in [9.17, 15) is 0 Å². The average molecular weight is 120 g/mol. The van der Waals surface area contributed by atoms with Crippen LogP contribution in [-0.2, 0) is 9.47 Å². The monoisotopic (exact) mass is 120 g/mol. The van der Waals surface area contributed by atoms with Gasteiger partial charge >= 0.3 is 0 Å². The Morgan fingerprint density at radius 1 is 1.12 bits per heavy atom. The molecule has 48 valence electrons. The fourth-order valence-corrected chi connectivity index (χ4v) is 0.530. The standard InChI is InChI=1S/C4H8O4/c5-3-1-7-2-4(6)8-3/h3-6H,1-2H2/t3-,4-/m0/s1. The highest BCUT2D eigenvalue weighted by Gasteiger charge is 2.17. The highest BCUT2D eigenvalue weighted by molar-refractivity contribution is 4.48. The fourth-order valence-electron chi connectivity index (χ4n) is 0.530. The second-order valence-corrected chi connectivity index (χ2v) is 1.58. The summed E-state index contributed by atoms with van der Waals surface area (Å²) in [6.45, 7) is 0.300. The molecule has 2 atom stereocenters. The van der Waals surface area contributed by atoms with Crippen molar-refractivity contribution in [3.63, 3.8) is 0 Å². The van der Waals surface area contributed by atoms with Gasteiger partial charge in [0.25, 0.3) is 0 Å². The molecule has 4 nitrogen and oxygen atoms in total. The van der Waals surface area contributed by atoms with Crippen LogP contribution in [0.2, 0.25) is 0 Å². The highest BCUT2D eigenvalue weighted by Crippen LogP contribution is 2.01. The van der Waals surface area contributed by atoms with E-state index in [0.29, 0.717) is 0 Å². The van der Waals surface area contributed by atoms with Crippen LogP contribution in [0.15, 0.2) is 0 Å². The normalized spacial score (nSPS) is 39.8. The molecule has 8 heavy (non-hydrogen) atoms. The van der Waals surface area contributed by atoms with Crippen molar-refractivity contribution in [1.82, 2.24) is 0 Å². The van der Waals surface area contributed by atoms with Crippen LogP contribution in [0.1, 0.15) is 0 Å². The zero-order chi connectivity index (χ0) is 5.98. The summed E-state index contributed by atoms with van der Waals surface area (Å²) in [4.78, 5) is 0. The van der Waals surface area contributed by atoms with Crippen molar-refractivity contribution in [2.45, 2.75) is 12.6 Å². The Hall–Kier alpha value is -0.160. The number of hydrogen-bond acceptors (Lipinski definition) is 4. The van der Waals surface area contributed by atoms with Gasteiger partial charge in [0.2, 0.25) is 0 Å². The average Bonchev–Trinajstić information content (AvgIpc) is 1.64. The van der Waals surface area contributed by atoms with Crippen LogP contribution in [-0.4, -0.2) is 36.0 Å². The van der Waals surface area contributed by atoms with Gasteiger partial charge in [-0.3, -0.25) is 0 Å². The van der Waals surface area contributed by atoms with Gasteiger partial charge in [0, 0.05) is 0 Å². The van der Waals surface area contributed by atoms with Crippen molar-refractivity contribution in [1.29, 1.82) is 0 Å². The SMILES string of the molecule is O[C@@H]1COC[C@@H](O)O1. The molecule has 1 saturated heterocycles. The van der Waals surface area contributed by atoms with E-state index in [1.165, 1.54) is 0 Å². The van der Waals surface area contributed by atoms with Gasteiger partial charge in [-0.2, -0.15) is 0 Å². The smallest absolute Gasteiger partial charge is 0.181 e. The van der Waals surface area contributed by atoms with Gasteiger partial charge in [-0.15, -0.1) is 0 Å². The Morgan fingerprint density at radius 2 is 1.62 bits per heavy atom. The summed E-state index contributed by atoms with van der Waals surface area (Å²) in [6, 6.07) is 0. The Morgan fingerprint density at radius 3 is 1.88 bits per heavy atom. The Labute approximate surface area is 46.6 Å². The summed E-state index contributed by atoms with van der Waals surface area (Å²) < 4.78 is 9.14. The van der Waals surface area contributed by atoms with E-state index in [1.807, 2.05) is 0 Å². The van der Waals surface area contributed by atoms with Crippen molar-refractivity contribution in [3.05, 3.63) is 0 Å². The molecule has 1 aliphatic heterocycles. The maximum atomic E-state index is 8.57. The van der Waals surface area contributed by atoms with Gasteiger partial charge in [0.1, 0.15) is 0 Å². The van der Waals surface area contributed by atoms with E-state index >= 15 is 0 Å². The molecule has 0 aromatic heterocycles. The maximum Gasteiger partial charge on any atom is 0.181 e. The molecular formula is C4H8O4. The highest BCUT2D eigenvalue weighted by atomic mass is 16.7. The number of rotatable bonds is 0. The summed E-state index contributed by atoms with van der Waals surface area (Å²) in [5.74, 6) is 0. The van der Waals surface area contributed by atoms with Gasteiger partial charge in [0.15, 0.2) is 12.6 Å². The first-order valence-corrected chi connectivity index (χ1v) is 2.38. The maximum absolute atomic E-state index is 8.57. The largest absolute Gasteiger partial charge is 0.371 e. The molecule has 1 rings (SSSR count). The van der Waals surface area contributed by atoms with Gasteiger partial charge in [-0.25, -0.2) is 0 Å². The molecular weight excluding hydrogens is 112 g/mol. The molecule has 4 heteroatoms. The summed E-state index contributed by atoms with van der Waals surface area (Å²) in [7, 11) is 0. The molecule has 0 radical (unpaired) electrons. The van der Waals surface area contributed by atoms with Crippen LogP contribution in [0.4, 0.5) is 0 Å². The van der Waals surface area contributed by atoms with Crippen LogP contribution in [0, 0.1) is 0 Å². The molecule has 1 fully saturated rings. The lowest BCUT2D eigenvalue weighted by atomic mass is 10.5. The molecule has 0 unspecified atom stereocenters. The van der Waals surface area contributed by atoms with Gasteiger partial charge in [-0.05, 0) is 0 Å². The molecule has 1 aliphatic rings. The van der Waals surface area contributed by atoms with Crippen LogP contribution >= 0.6 is 0 Å². The topological polar surface area (TPSA) is 58.9 Å². The molecule has 0 amide bonds. The van der Waals surface area contributed by atoms with Crippen LogP contribution in [0.5, 0.6) is 0 Å². The van der Waals surface area contributed by atoms with Crippen molar-refractivity contribution >= 4 is 0 Å². The van der Waals surface area contributed by atoms with Gasteiger partial charge in [0.05, 0.1) is 13.2 Å². The third-order valence-corrected chi connectivity index (χ3v) is 0.835. The Bertz CT molecular complexity index is 66.4. The predicted octanol–water partition coefficient (Wildman–Crippen LogP) is -1.33. The van der Waals surface area contributed by atoms with E-state index < -0.39 is 12.6 Å². The van der Waals surface area contributed by atoms with Crippen molar-refractivity contribution in [2.75, 3.05) is 13.2 Å². The van der Waals surface area contributed by atoms with Crippen LogP contribution in [0.3, 0.4) is 0 Å². The van der Waals surface area contributed by atoms with Gasteiger partial charge < -0.3 is 19.7 Å². The molecule has 1 heterocycles. The minimum atomic E-state index is -0.959. The number of hydrogen-bond donors (Lipinski definition) is 2. The van der Waals surface area contributed by atoms with E-state index in [1.54, 1.807) is 0 Å². The zero-order valence-electron chi connectivity index (χ0n) is 4.28. The van der Waals surface area contributed by atoms with Gasteiger partial charge in [-0.1, -0.05) is 0 Å². The Balaban J connectivity index is 2.23.